The second-order valence-corrected chi connectivity index (χ2v) is 7.50. The summed E-state index contributed by atoms with van der Waals surface area (Å²) in [5, 5.41) is 3.04. The molecule has 0 aromatic heterocycles. The zero-order valence-electron chi connectivity index (χ0n) is 12.9. The molecule has 1 fully saturated rings. The van der Waals surface area contributed by atoms with Crippen molar-refractivity contribution in [2.75, 3.05) is 25.4 Å². The van der Waals surface area contributed by atoms with Crippen molar-refractivity contribution in [1.29, 1.82) is 0 Å². The third kappa shape index (κ3) is 11.0. The van der Waals surface area contributed by atoms with Gasteiger partial charge in [0, 0.05) is 31.4 Å². The molecule has 1 saturated carbocycles. The first kappa shape index (κ1) is 21.4. The van der Waals surface area contributed by atoms with Crippen molar-refractivity contribution in [3.8, 4) is 0 Å². The number of carbonyl (C=O) groups is 1. The van der Waals surface area contributed by atoms with Gasteiger partial charge in [-0.15, -0.1) is 0 Å². The Morgan fingerprint density at radius 3 is 2.44 bits per heavy atom. The molecular formula is C8H19Li2N2O4PS. The van der Waals surface area contributed by atoms with Gasteiger partial charge in [-0.3, -0.25) is 4.79 Å². The Bertz CT molecular complexity index is 287. The Labute approximate surface area is 138 Å². The molecule has 0 saturated heterocycles. The molecule has 1 aliphatic rings. The first-order chi connectivity index (χ1) is 7.53. The van der Waals surface area contributed by atoms with E-state index in [1.165, 1.54) is 0 Å². The van der Waals surface area contributed by atoms with Crippen LogP contribution >= 0.6 is 18.2 Å². The van der Waals surface area contributed by atoms with E-state index >= 15 is 0 Å². The van der Waals surface area contributed by atoms with Crippen LogP contribution in [0.2, 0.25) is 0 Å². The van der Waals surface area contributed by atoms with Gasteiger partial charge in [-0.1, -0.05) is 0 Å². The summed E-state index contributed by atoms with van der Waals surface area (Å²) in [6.45, 7) is -2.07. The molecule has 0 aliphatic heterocycles. The smallest absolute Gasteiger partial charge is 1.00 e. The third-order valence-electron chi connectivity index (χ3n) is 2.24. The largest absolute Gasteiger partial charge is 1.00 e. The van der Waals surface area contributed by atoms with Crippen LogP contribution in [-0.4, -0.2) is 52.5 Å². The molecule has 0 radical (unpaired) electrons. The molecule has 1 aliphatic carbocycles. The van der Waals surface area contributed by atoms with Crippen LogP contribution < -0.4 is 43.0 Å². The molecule has 6 nitrogen and oxygen atoms in total. The molecule has 3 N–H and O–H groups in total. The van der Waals surface area contributed by atoms with E-state index in [-0.39, 0.29) is 40.6 Å². The van der Waals surface area contributed by atoms with Crippen molar-refractivity contribution in [2.24, 2.45) is 0 Å². The summed E-state index contributed by atoms with van der Waals surface area (Å²) in [7, 11) is 0. The Morgan fingerprint density at radius 2 is 2.00 bits per heavy atom. The molecule has 98 valence electrons. The van der Waals surface area contributed by atoms with Crippen molar-refractivity contribution < 1.29 is 59.7 Å². The number of nitrogens with one attached hydrogen (secondary N) is 1. The zero-order chi connectivity index (χ0) is 12.0. The van der Waals surface area contributed by atoms with Gasteiger partial charge >= 0.3 is 44.5 Å². The number of hydrogen-bond acceptors (Lipinski definition) is 4. The summed E-state index contributed by atoms with van der Waals surface area (Å²) in [5.41, 5.74) is 0. The van der Waals surface area contributed by atoms with Gasteiger partial charge in [0.25, 0.3) is 0 Å². The molecule has 0 atom stereocenters. The maximum atomic E-state index is 10.6. The third-order valence-corrected chi connectivity index (χ3v) is 4.52. The molecule has 0 spiro atoms. The molecule has 0 unspecified atom stereocenters. The van der Waals surface area contributed by atoms with Gasteiger partial charge in [-0.05, 0) is 24.2 Å². The van der Waals surface area contributed by atoms with Crippen LogP contribution in [0.5, 0.6) is 0 Å². The summed E-state index contributed by atoms with van der Waals surface area (Å²) in [6, 6.07) is 0.420. The van der Waals surface area contributed by atoms with Crippen LogP contribution in [0.4, 0.5) is 0 Å². The van der Waals surface area contributed by atoms with Gasteiger partial charge in [-0.25, -0.2) is 4.57 Å². The van der Waals surface area contributed by atoms with E-state index in [2.05, 4.69) is 5.32 Å². The van der Waals surface area contributed by atoms with Crippen molar-refractivity contribution in [1.82, 2.24) is 10.2 Å². The summed E-state index contributed by atoms with van der Waals surface area (Å²) < 4.78 is 10.5. The summed E-state index contributed by atoms with van der Waals surface area (Å²) in [6.07, 6.45) is 3.04. The number of amides is 1. The zero-order valence-corrected chi connectivity index (χ0v) is 12.6. The van der Waals surface area contributed by atoms with Gasteiger partial charge in [0.05, 0.1) is 0 Å². The van der Waals surface area contributed by atoms with E-state index in [1.807, 2.05) is 0 Å². The van der Waals surface area contributed by atoms with Gasteiger partial charge in [-0.2, -0.15) is 0 Å². The fourth-order valence-corrected chi connectivity index (χ4v) is 2.76. The number of rotatable bonds is 9. The second kappa shape index (κ2) is 10.9. The monoisotopic (exact) mass is 284 g/mol. The Hall–Kier alpha value is 1.12. The number of nitrogens with zero attached hydrogens (tertiary/aromatic N) is 1. The predicted octanol–water partition coefficient (Wildman–Crippen LogP) is -5.74. The van der Waals surface area contributed by atoms with Crippen LogP contribution in [0.1, 0.15) is 15.7 Å². The molecule has 0 bridgehead atoms. The number of hydrogen-bond donors (Lipinski definition) is 3. The van der Waals surface area contributed by atoms with Gasteiger partial charge in [0.1, 0.15) is 0 Å². The number of carbonyl (C=O) groups excluding carboxylic acids is 1. The standard InChI is InChI=1S/C8H17N2O4PS.2Li.2H/c11-7-10(8-1-2-8)5-3-9-4-6-16-15(12,13)14;;;;/h7-9H,1-6H2,(H2,12,13,14);;;;/q;2*+1;2*-1. The summed E-state index contributed by atoms with van der Waals surface area (Å²) in [5.74, 6) is 0.370. The molecule has 0 aromatic carbocycles. The van der Waals surface area contributed by atoms with E-state index in [0.29, 0.717) is 42.8 Å². The van der Waals surface area contributed by atoms with Crippen LogP contribution in [0.25, 0.3) is 0 Å². The molecule has 0 aromatic rings. The average Bonchev–Trinajstić information content (AvgIpc) is 2.99. The Balaban J connectivity index is -0.000000320. The fraction of sp³-hybridized carbons (Fsp3) is 0.875. The Kier molecular flexibility index (Phi) is 12.9. The van der Waals surface area contributed by atoms with Crippen LogP contribution in [0.3, 0.4) is 0 Å². The molecule has 0 heterocycles. The maximum absolute atomic E-state index is 10.6. The molecule has 1 rings (SSSR count). The van der Waals surface area contributed by atoms with Crippen molar-refractivity contribution in [2.45, 2.75) is 18.9 Å². The van der Waals surface area contributed by atoms with Crippen molar-refractivity contribution >= 4 is 24.6 Å². The fourth-order valence-electron chi connectivity index (χ4n) is 1.30. The van der Waals surface area contributed by atoms with E-state index in [9.17, 15) is 9.36 Å². The van der Waals surface area contributed by atoms with E-state index in [0.717, 1.165) is 19.3 Å². The molecular weight excluding hydrogens is 265 g/mol. The first-order valence-electron chi connectivity index (χ1n) is 5.15. The molecule has 18 heavy (non-hydrogen) atoms. The molecule has 1 amide bonds. The van der Waals surface area contributed by atoms with Crippen molar-refractivity contribution in [3.05, 3.63) is 0 Å². The normalized spacial score (nSPS) is 14.3. The summed E-state index contributed by atoms with van der Waals surface area (Å²) in [4.78, 5) is 29.5. The topological polar surface area (TPSA) is 89.9 Å². The first-order valence-corrected chi connectivity index (χ1v) is 8.35. The predicted molar refractivity (Wildman–Crippen MR) is 65.4 cm³/mol. The van der Waals surface area contributed by atoms with Gasteiger partial charge in [0.15, 0.2) is 0 Å². The van der Waals surface area contributed by atoms with E-state index in [4.69, 9.17) is 9.79 Å². The van der Waals surface area contributed by atoms with Crippen molar-refractivity contribution in [3.63, 3.8) is 0 Å². The molecule has 10 heteroatoms. The van der Waals surface area contributed by atoms with Crippen LogP contribution in [-0.2, 0) is 9.36 Å². The minimum absolute atomic E-state index is 0. The van der Waals surface area contributed by atoms with Gasteiger partial charge < -0.3 is 22.9 Å². The van der Waals surface area contributed by atoms with Crippen LogP contribution in [0.15, 0.2) is 0 Å². The van der Waals surface area contributed by atoms with Gasteiger partial charge in [0.2, 0.25) is 6.41 Å². The Morgan fingerprint density at radius 1 is 1.39 bits per heavy atom. The van der Waals surface area contributed by atoms with E-state index in [1.54, 1.807) is 4.90 Å². The minimum Gasteiger partial charge on any atom is -1.00 e. The van der Waals surface area contributed by atoms with E-state index < -0.39 is 6.80 Å². The summed E-state index contributed by atoms with van der Waals surface area (Å²) >= 11 is 0.638. The van der Waals surface area contributed by atoms with Crippen LogP contribution in [0, 0.1) is 0 Å². The average molecular weight is 284 g/mol. The maximum Gasteiger partial charge on any atom is 1.00 e. The minimum atomic E-state index is -3.93. The SMILES string of the molecule is O=CN(CCNCCSP(=O)(O)O)C1CC1.[H-].[H-].[Li+].[Li+]. The quantitative estimate of drug-likeness (QED) is 0.169. The second-order valence-electron chi connectivity index (χ2n) is 3.65.